The maximum absolute atomic E-state index is 12.6. The Hall–Kier alpha value is -3.48. The first-order valence-corrected chi connectivity index (χ1v) is 8.95. The number of likely N-dealkylation sites (N-methyl/N-ethyl adjacent to an activating group) is 1. The summed E-state index contributed by atoms with van der Waals surface area (Å²) in [5, 5.41) is 20.6. The van der Waals surface area contributed by atoms with E-state index >= 15 is 0 Å². The first kappa shape index (κ1) is 19.3. The number of phenolic OH excluding ortho intramolecular Hbond substituents is 2. The van der Waals surface area contributed by atoms with Crippen molar-refractivity contribution in [3.05, 3.63) is 52.7 Å². The van der Waals surface area contributed by atoms with Crippen molar-refractivity contribution in [2.45, 2.75) is 13.8 Å². The standard InChI is InChI=1S/C21H21NO6/c1-3-22(4-2)18(25)12-27-21-15(24)11-17-19(20(21)26)14(23)10-16(28-17)13-8-6-5-7-9-13/h5-11,24,26H,3-4,12H2,1-2H3. The number of hydrogen-bond acceptors (Lipinski definition) is 6. The van der Waals surface area contributed by atoms with E-state index in [1.165, 1.54) is 12.1 Å². The number of aromatic hydroxyl groups is 2. The molecule has 0 radical (unpaired) electrons. The van der Waals surface area contributed by atoms with Crippen LogP contribution in [0.2, 0.25) is 0 Å². The Balaban J connectivity index is 2.00. The Morgan fingerprint density at radius 1 is 1.11 bits per heavy atom. The summed E-state index contributed by atoms with van der Waals surface area (Å²) in [5.41, 5.74) is 0.215. The van der Waals surface area contributed by atoms with Crippen LogP contribution in [0.25, 0.3) is 22.3 Å². The van der Waals surface area contributed by atoms with Crippen LogP contribution in [-0.2, 0) is 4.79 Å². The van der Waals surface area contributed by atoms with Gasteiger partial charge >= 0.3 is 0 Å². The minimum Gasteiger partial charge on any atom is -0.504 e. The average Bonchev–Trinajstić information content (AvgIpc) is 2.68. The molecule has 28 heavy (non-hydrogen) atoms. The van der Waals surface area contributed by atoms with Crippen molar-refractivity contribution in [2.24, 2.45) is 0 Å². The lowest BCUT2D eigenvalue weighted by Crippen LogP contribution is -2.34. The van der Waals surface area contributed by atoms with Gasteiger partial charge in [0.2, 0.25) is 5.75 Å². The molecule has 0 unspecified atom stereocenters. The molecule has 0 saturated heterocycles. The Kier molecular flexibility index (Phi) is 5.54. The smallest absolute Gasteiger partial charge is 0.260 e. The average molecular weight is 383 g/mol. The fourth-order valence-corrected chi connectivity index (χ4v) is 2.96. The van der Waals surface area contributed by atoms with Gasteiger partial charge in [-0.15, -0.1) is 0 Å². The Bertz CT molecular complexity index is 1050. The first-order valence-electron chi connectivity index (χ1n) is 8.95. The van der Waals surface area contributed by atoms with Crippen molar-refractivity contribution >= 4 is 16.9 Å². The number of ether oxygens (including phenoxy) is 1. The largest absolute Gasteiger partial charge is 0.504 e. The third-order valence-corrected chi connectivity index (χ3v) is 4.44. The number of hydrogen-bond donors (Lipinski definition) is 2. The van der Waals surface area contributed by atoms with E-state index < -0.39 is 16.9 Å². The Morgan fingerprint density at radius 2 is 1.79 bits per heavy atom. The van der Waals surface area contributed by atoms with Gasteiger partial charge in [0.25, 0.3) is 5.91 Å². The molecule has 0 saturated carbocycles. The summed E-state index contributed by atoms with van der Waals surface area (Å²) in [6.45, 7) is 4.33. The quantitative estimate of drug-likeness (QED) is 0.678. The molecule has 7 nitrogen and oxygen atoms in total. The normalized spacial score (nSPS) is 10.8. The van der Waals surface area contributed by atoms with Crippen LogP contribution >= 0.6 is 0 Å². The Labute approximate surface area is 161 Å². The van der Waals surface area contributed by atoms with E-state index in [-0.39, 0.29) is 29.2 Å². The van der Waals surface area contributed by atoms with Crippen LogP contribution in [-0.4, -0.2) is 40.7 Å². The van der Waals surface area contributed by atoms with Crippen LogP contribution in [0.1, 0.15) is 13.8 Å². The second-order valence-electron chi connectivity index (χ2n) is 6.14. The van der Waals surface area contributed by atoms with Gasteiger partial charge in [-0.2, -0.15) is 0 Å². The fraction of sp³-hybridized carbons (Fsp3) is 0.238. The number of rotatable bonds is 6. The molecule has 0 fully saturated rings. The van der Waals surface area contributed by atoms with Crippen molar-refractivity contribution in [1.29, 1.82) is 0 Å². The summed E-state index contributed by atoms with van der Waals surface area (Å²) in [5.74, 6) is -1.30. The van der Waals surface area contributed by atoms with Gasteiger partial charge in [-0.3, -0.25) is 9.59 Å². The zero-order valence-corrected chi connectivity index (χ0v) is 15.6. The van der Waals surface area contributed by atoms with Gasteiger partial charge in [-0.05, 0) is 13.8 Å². The lowest BCUT2D eigenvalue weighted by Gasteiger charge is -2.19. The van der Waals surface area contributed by atoms with Crippen LogP contribution in [0.4, 0.5) is 0 Å². The summed E-state index contributed by atoms with van der Waals surface area (Å²) < 4.78 is 11.0. The van der Waals surface area contributed by atoms with E-state index in [2.05, 4.69) is 0 Å². The highest BCUT2D eigenvalue weighted by Gasteiger charge is 2.21. The monoisotopic (exact) mass is 383 g/mol. The molecule has 0 aliphatic carbocycles. The molecule has 1 amide bonds. The van der Waals surface area contributed by atoms with Crippen molar-refractivity contribution < 1.29 is 24.2 Å². The van der Waals surface area contributed by atoms with Gasteiger partial charge in [0, 0.05) is 30.8 Å². The number of nitrogens with zero attached hydrogens (tertiary/aromatic N) is 1. The fourth-order valence-electron chi connectivity index (χ4n) is 2.96. The van der Waals surface area contributed by atoms with E-state index in [9.17, 15) is 19.8 Å². The molecule has 2 N–H and O–H groups in total. The number of carbonyl (C=O) groups excluding carboxylic acids is 1. The molecule has 7 heteroatoms. The van der Waals surface area contributed by atoms with Gasteiger partial charge in [-0.25, -0.2) is 0 Å². The predicted molar refractivity (Wildman–Crippen MR) is 105 cm³/mol. The Morgan fingerprint density at radius 3 is 2.43 bits per heavy atom. The predicted octanol–water partition coefficient (Wildman–Crippen LogP) is 3.12. The molecule has 3 rings (SSSR count). The second kappa shape index (κ2) is 8.04. The summed E-state index contributed by atoms with van der Waals surface area (Å²) in [4.78, 5) is 26.2. The van der Waals surface area contributed by atoms with Crippen molar-refractivity contribution in [2.75, 3.05) is 19.7 Å². The molecule has 2 aromatic carbocycles. The third-order valence-electron chi connectivity index (χ3n) is 4.44. The lowest BCUT2D eigenvalue weighted by atomic mass is 10.1. The topological polar surface area (TPSA) is 100 Å². The number of phenols is 2. The van der Waals surface area contributed by atoms with Crippen molar-refractivity contribution in [1.82, 2.24) is 4.90 Å². The van der Waals surface area contributed by atoms with Gasteiger partial charge in [-0.1, -0.05) is 30.3 Å². The highest BCUT2D eigenvalue weighted by molar-refractivity contribution is 5.89. The minimum atomic E-state index is -0.560. The van der Waals surface area contributed by atoms with E-state index in [1.807, 2.05) is 19.9 Å². The van der Waals surface area contributed by atoms with Gasteiger partial charge in [0.05, 0.1) is 0 Å². The van der Waals surface area contributed by atoms with Crippen LogP contribution in [0.15, 0.2) is 51.7 Å². The molecule has 1 heterocycles. The van der Waals surface area contributed by atoms with Gasteiger partial charge in [0.1, 0.15) is 16.7 Å². The van der Waals surface area contributed by atoms with E-state index in [1.54, 1.807) is 29.2 Å². The molecule has 0 spiro atoms. The lowest BCUT2D eigenvalue weighted by molar-refractivity contribution is -0.133. The number of fused-ring (bicyclic) bond motifs is 1. The first-order chi connectivity index (χ1) is 13.5. The summed E-state index contributed by atoms with van der Waals surface area (Å²) in [6.07, 6.45) is 0. The molecule has 3 aromatic rings. The molecule has 0 bridgehead atoms. The summed E-state index contributed by atoms with van der Waals surface area (Å²) in [7, 11) is 0. The molecular weight excluding hydrogens is 362 g/mol. The van der Waals surface area contributed by atoms with E-state index in [4.69, 9.17) is 9.15 Å². The van der Waals surface area contributed by atoms with Crippen molar-refractivity contribution in [3.8, 4) is 28.6 Å². The molecule has 0 atom stereocenters. The summed E-state index contributed by atoms with van der Waals surface area (Å²) >= 11 is 0. The molecule has 0 aliphatic rings. The number of benzene rings is 2. The highest BCUT2D eigenvalue weighted by atomic mass is 16.5. The summed E-state index contributed by atoms with van der Waals surface area (Å²) in [6, 6.07) is 11.5. The van der Waals surface area contributed by atoms with Gasteiger partial charge in [0.15, 0.2) is 23.5 Å². The molecule has 1 aromatic heterocycles. The van der Waals surface area contributed by atoms with Gasteiger partial charge < -0.3 is 24.3 Å². The SMILES string of the molecule is CCN(CC)C(=O)COc1c(O)cc2oc(-c3ccccc3)cc(=O)c2c1O. The molecule has 0 aliphatic heterocycles. The maximum Gasteiger partial charge on any atom is 0.260 e. The number of amides is 1. The van der Waals surface area contributed by atoms with Crippen LogP contribution in [0.5, 0.6) is 17.2 Å². The van der Waals surface area contributed by atoms with Crippen LogP contribution < -0.4 is 10.2 Å². The third kappa shape index (κ3) is 3.64. The number of carbonyl (C=O) groups is 1. The van der Waals surface area contributed by atoms with E-state index in [0.29, 0.717) is 24.4 Å². The highest BCUT2D eigenvalue weighted by Crippen LogP contribution is 2.41. The zero-order chi connectivity index (χ0) is 20.3. The minimum absolute atomic E-state index is 0.0174. The maximum atomic E-state index is 12.6. The van der Waals surface area contributed by atoms with E-state index in [0.717, 1.165) is 0 Å². The molecule has 146 valence electrons. The van der Waals surface area contributed by atoms with Crippen molar-refractivity contribution in [3.63, 3.8) is 0 Å². The van der Waals surface area contributed by atoms with Crippen LogP contribution in [0, 0.1) is 0 Å². The van der Waals surface area contributed by atoms with Crippen LogP contribution in [0.3, 0.4) is 0 Å². The second-order valence-corrected chi connectivity index (χ2v) is 6.14. The molecular formula is C21H21NO6. The zero-order valence-electron chi connectivity index (χ0n) is 15.6.